The normalized spacial score (nSPS) is 10.4. The molecule has 5 nitrogen and oxygen atoms in total. The molecule has 1 N–H and O–H groups in total. The Balaban J connectivity index is 2.06. The summed E-state index contributed by atoms with van der Waals surface area (Å²) in [6, 6.07) is 23.0. The summed E-state index contributed by atoms with van der Waals surface area (Å²) in [7, 11) is 0. The highest BCUT2D eigenvalue weighted by molar-refractivity contribution is 5.75. The van der Waals surface area contributed by atoms with Gasteiger partial charge >= 0.3 is 0 Å². The second-order valence-electron chi connectivity index (χ2n) is 6.21. The standard InChI is InChI=1S/C23H15N3O2/c24-14-16-9-10-19(27)13-20(16)21-12-17(22-8-4-5-11-25-22)15-26(23(21)28)18-6-2-1-3-7-18/h1-13,15,27H. The molecule has 0 amide bonds. The van der Waals surface area contributed by atoms with Crippen molar-refractivity contribution in [1.82, 2.24) is 9.55 Å². The molecular formula is C23H15N3O2. The summed E-state index contributed by atoms with van der Waals surface area (Å²) in [5.41, 5.74) is 2.86. The minimum Gasteiger partial charge on any atom is -0.508 e. The molecule has 2 aromatic carbocycles. The molecule has 0 aliphatic carbocycles. The highest BCUT2D eigenvalue weighted by Crippen LogP contribution is 2.28. The second kappa shape index (κ2) is 7.22. The predicted molar refractivity (Wildman–Crippen MR) is 107 cm³/mol. The molecule has 5 heteroatoms. The Hall–Kier alpha value is -4.17. The molecular weight excluding hydrogens is 350 g/mol. The van der Waals surface area contributed by atoms with Crippen molar-refractivity contribution in [1.29, 1.82) is 5.26 Å². The van der Waals surface area contributed by atoms with E-state index in [9.17, 15) is 15.2 Å². The number of aromatic nitrogens is 2. The Morgan fingerprint density at radius 1 is 0.929 bits per heavy atom. The molecule has 0 aliphatic rings. The molecule has 0 saturated heterocycles. The summed E-state index contributed by atoms with van der Waals surface area (Å²) in [4.78, 5) is 17.7. The maximum atomic E-state index is 13.3. The SMILES string of the molecule is N#Cc1ccc(O)cc1-c1cc(-c2ccccn2)cn(-c2ccccc2)c1=O. The first kappa shape index (κ1) is 17.3. The van der Waals surface area contributed by atoms with Gasteiger partial charge in [0.1, 0.15) is 5.75 Å². The third-order valence-corrected chi connectivity index (χ3v) is 4.43. The van der Waals surface area contributed by atoms with E-state index in [2.05, 4.69) is 11.1 Å². The molecule has 28 heavy (non-hydrogen) atoms. The quantitative estimate of drug-likeness (QED) is 0.592. The third kappa shape index (κ3) is 3.15. The number of para-hydroxylation sites is 1. The van der Waals surface area contributed by atoms with E-state index in [1.54, 1.807) is 18.5 Å². The Labute approximate surface area is 161 Å². The second-order valence-corrected chi connectivity index (χ2v) is 6.21. The van der Waals surface area contributed by atoms with Crippen LogP contribution in [0, 0.1) is 11.3 Å². The number of phenolic OH excluding ortho intramolecular Hbond substituents is 1. The van der Waals surface area contributed by atoms with Crippen LogP contribution in [0.15, 0.2) is 90.0 Å². The highest BCUT2D eigenvalue weighted by atomic mass is 16.3. The van der Waals surface area contributed by atoms with Gasteiger partial charge in [0.15, 0.2) is 0 Å². The molecule has 0 aliphatic heterocycles. The Morgan fingerprint density at radius 3 is 2.43 bits per heavy atom. The van der Waals surface area contributed by atoms with E-state index in [1.807, 2.05) is 48.5 Å². The molecule has 0 saturated carbocycles. The third-order valence-electron chi connectivity index (χ3n) is 4.43. The molecule has 0 radical (unpaired) electrons. The number of hydrogen-bond acceptors (Lipinski definition) is 4. The predicted octanol–water partition coefficient (Wildman–Crippen LogP) is 4.14. The summed E-state index contributed by atoms with van der Waals surface area (Å²) in [6.45, 7) is 0. The summed E-state index contributed by atoms with van der Waals surface area (Å²) in [5.74, 6) is -0.0112. The fourth-order valence-electron chi connectivity index (χ4n) is 3.08. The van der Waals surface area contributed by atoms with Gasteiger partial charge in [-0.15, -0.1) is 0 Å². The van der Waals surface area contributed by atoms with Gasteiger partial charge in [0, 0.05) is 34.8 Å². The first-order valence-electron chi connectivity index (χ1n) is 8.64. The van der Waals surface area contributed by atoms with E-state index < -0.39 is 0 Å². The largest absolute Gasteiger partial charge is 0.508 e. The maximum absolute atomic E-state index is 13.3. The number of rotatable bonds is 3. The smallest absolute Gasteiger partial charge is 0.263 e. The fraction of sp³-hybridized carbons (Fsp3) is 0. The molecule has 4 aromatic rings. The van der Waals surface area contributed by atoms with Crippen molar-refractivity contribution in [2.75, 3.05) is 0 Å². The summed E-state index contributed by atoms with van der Waals surface area (Å²) in [5, 5.41) is 19.4. The van der Waals surface area contributed by atoms with Crippen LogP contribution in [-0.4, -0.2) is 14.7 Å². The number of nitriles is 1. The van der Waals surface area contributed by atoms with Crippen molar-refractivity contribution in [3.8, 4) is 39.9 Å². The average molecular weight is 365 g/mol. The van der Waals surface area contributed by atoms with Crippen LogP contribution in [-0.2, 0) is 0 Å². The van der Waals surface area contributed by atoms with Crippen molar-refractivity contribution < 1.29 is 5.11 Å². The van der Waals surface area contributed by atoms with Gasteiger partial charge in [-0.25, -0.2) is 0 Å². The molecule has 0 atom stereocenters. The van der Waals surface area contributed by atoms with Crippen molar-refractivity contribution in [2.45, 2.75) is 0 Å². The van der Waals surface area contributed by atoms with Crippen LogP contribution in [0.2, 0.25) is 0 Å². The molecule has 0 fully saturated rings. The number of phenols is 1. The minimum absolute atomic E-state index is 0.0112. The van der Waals surface area contributed by atoms with E-state index in [0.29, 0.717) is 28.1 Å². The fourth-order valence-corrected chi connectivity index (χ4v) is 3.08. The van der Waals surface area contributed by atoms with Crippen LogP contribution in [0.4, 0.5) is 0 Å². The van der Waals surface area contributed by atoms with Gasteiger partial charge in [-0.1, -0.05) is 24.3 Å². The lowest BCUT2D eigenvalue weighted by atomic mass is 9.99. The van der Waals surface area contributed by atoms with Crippen LogP contribution < -0.4 is 5.56 Å². The number of benzene rings is 2. The number of aromatic hydroxyl groups is 1. The zero-order valence-corrected chi connectivity index (χ0v) is 14.8. The van der Waals surface area contributed by atoms with E-state index in [0.717, 1.165) is 5.56 Å². The van der Waals surface area contributed by atoms with Gasteiger partial charge in [0.05, 0.1) is 17.3 Å². The number of pyridine rings is 2. The van der Waals surface area contributed by atoms with Crippen LogP contribution in [0.25, 0.3) is 28.1 Å². The highest BCUT2D eigenvalue weighted by Gasteiger charge is 2.15. The van der Waals surface area contributed by atoms with Gasteiger partial charge in [-0.2, -0.15) is 5.26 Å². The molecule has 2 heterocycles. The van der Waals surface area contributed by atoms with Gasteiger partial charge < -0.3 is 5.11 Å². The minimum atomic E-state index is -0.284. The molecule has 0 unspecified atom stereocenters. The molecule has 0 bridgehead atoms. The van der Waals surface area contributed by atoms with Crippen molar-refractivity contribution >= 4 is 0 Å². The van der Waals surface area contributed by atoms with Crippen LogP contribution in [0.5, 0.6) is 5.75 Å². The molecule has 0 spiro atoms. The van der Waals surface area contributed by atoms with Gasteiger partial charge in [0.25, 0.3) is 5.56 Å². The maximum Gasteiger partial charge on any atom is 0.263 e. The van der Waals surface area contributed by atoms with Crippen molar-refractivity contribution in [2.24, 2.45) is 0 Å². The van der Waals surface area contributed by atoms with E-state index in [-0.39, 0.29) is 11.3 Å². The number of hydrogen-bond donors (Lipinski definition) is 1. The lowest BCUT2D eigenvalue weighted by Gasteiger charge is -2.13. The van der Waals surface area contributed by atoms with Crippen LogP contribution >= 0.6 is 0 Å². The van der Waals surface area contributed by atoms with Crippen molar-refractivity contribution in [3.63, 3.8) is 0 Å². The van der Waals surface area contributed by atoms with E-state index in [1.165, 1.54) is 22.8 Å². The van der Waals surface area contributed by atoms with E-state index in [4.69, 9.17) is 0 Å². The monoisotopic (exact) mass is 365 g/mol. The average Bonchev–Trinajstić information content (AvgIpc) is 2.75. The molecule has 2 aromatic heterocycles. The lowest BCUT2D eigenvalue weighted by Crippen LogP contribution is -2.20. The summed E-state index contributed by atoms with van der Waals surface area (Å²) >= 11 is 0. The summed E-state index contributed by atoms with van der Waals surface area (Å²) < 4.78 is 1.53. The van der Waals surface area contributed by atoms with Crippen LogP contribution in [0.1, 0.15) is 5.56 Å². The van der Waals surface area contributed by atoms with Crippen LogP contribution in [0.3, 0.4) is 0 Å². The van der Waals surface area contributed by atoms with Gasteiger partial charge in [-0.05, 0) is 48.5 Å². The Bertz CT molecular complexity index is 1240. The van der Waals surface area contributed by atoms with Gasteiger partial charge in [-0.3, -0.25) is 14.3 Å². The lowest BCUT2D eigenvalue weighted by molar-refractivity contribution is 0.475. The topological polar surface area (TPSA) is 78.9 Å². The van der Waals surface area contributed by atoms with Gasteiger partial charge in [0.2, 0.25) is 0 Å². The van der Waals surface area contributed by atoms with Crippen molar-refractivity contribution in [3.05, 3.63) is 101 Å². The number of nitrogens with zero attached hydrogens (tertiary/aromatic N) is 3. The summed E-state index contributed by atoms with van der Waals surface area (Å²) in [6.07, 6.45) is 3.42. The first-order valence-corrected chi connectivity index (χ1v) is 8.64. The first-order chi connectivity index (χ1) is 13.7. The molecule has 4 rings (SSSR count). The Kier molecular flexibility index (Phi) is 4.45. The zero-order chi connectivity index (χ0) is 19.5. The molecule has 134 valence electrons. The van der Waals surface area contributed by atoms with E-state index >= 15 is 0 Å². The Morgan fingerprint density at radius 2 is 1.71 bits per heavy atom. The zero-order valence-electron chi connectivity index (χ0n) is 14.8.